The first kappa shape index (κ1) is 26.6. The zero-order chi connectivity index (χ0) is 26.0. The molecular weight excluding hydrogens is 456 g/mol. The van der Waals surface area contributed by atoms with Crippen LogP contribution in [0, 0.1) is 11.3 Å². The topological polar surface area (TPSA) is 82.2 Å². The largest absolute Gasteiger partial charge is 0.369 e. The van der Waals surface area contributed by atoms with E-state index in [0.29, 0.717) is 18.5 Å². The van der Waals surface area contributed by atoms with Crippen LogP contribution in [0.1, 0.15) is 57.8 Å². The van der Waals surface area contributed by atoms with Gasteiger partial charge in [0.1, 0.15) is 18.7 Å². The number of fused-ring (bicyclic) bond motifs is 1. The molecule has 2 amide bonds. The number of rotatable bonds is 7. The Bertz CT molecular complexity index is 949. The molecule has 36 heavy (non-hydrogen) atoms. The summed E-state index contributed by atoms with van der Waals surface area (Å²) in [5.41, 5.74) is 1.46. The fraction of sp³-hybridized carbons (Fsp3) is 0.679. The van der Waals surface area contributed by atoms with Gasteiger partial charge in [0.05, 0.1) is 6.10 Å². The summed E-state index contributed by atoms with van der Waals surface area (Å²) in [6.45, 7) is 16.1. The third kappa shape index (κ3) is 5.75. The third-order valence-corrected chi connectivity index (χ3v) is 7.83. The Balaban J connectivity index is 1.46. The van der Waals surface area contributed by atoms with Crippen molar-refractivity contribution >= 4 is 23.3 Å². The summed E-state index contributed by atoms with van der Waals surface area (Å²) in [7, 11) is 0. The number of nitrogens with zero attached hydrogens (tertiary/aromatic N) is 3. The van der Waals surface area contributed by atoms with E-state index in [0.717, 1.165) is 44.8 Å². The highest BCUT2D eigenvalue weighted by atomic mass is 16.5. The summed E-state index contributed by atoms with van der Waals surface area (Å²) in [6.07, 6.45) is 1.09. The minimum absolute atomic E-state index is 0.0412. The van der Waals surface area contributed by atoms with Crippen LogP contribution in [0.2, 0.25) is 0 Å². The van der Waals surface area contributed by atoms with Crippen LogP contribution in [0.15, 0.2) is 24.3 Å². The fourth-order valence-corrected chi connectivity index (χ4v) is 5.74. The van der Waals surface area contributed by atoms with E-state index in [4.69, 9.17) is 4.74 Å². The molecule has 0 aliphatic carbocycles. The number of likely N-dealkylation sites (N-methyl/N-ethyl adjacent to an activating group) is 1. The second-order valence-electron chi connectivity index (χ2n) is 11.6. The molecule has 8 heteroatoms. The molecule has 3 fully saturated rings. The predicted molar refractivity (Wildman–Crippen MR) is 140 cm³/mol. The summed E-state index contributed by atoms with van der Waals surface area (Å²) in [5, 5.41) is 3.00. The Labute approximate surface area is 215 Å². The van der Waals surface area contributed by atoms with Gasteiger partial charge >= 0.3 is 0 Å². The Kier molecular flexibility index (Phi) is 8.05. The normalized spacial score (nSPS) is 25.7. The molecule has 0 radical (unpaired) electrons. The van der Waals surface area contributed by atoms with Crippen molar-refractivity contribution in [1.29, 1.82) is 0 Å². The Morgan fingerprint density at radius 1 is 1.08 bits per heavy atom. The third-order valence-electron chi connectivity index (χ3n) is 7.83. The van der Waals surface area contributed by atoms with E-state index in [-0.39, 0.29) is 41.6 Å². The number of benzene rings is 1. The number of anilines is 1. The van der Waals surface area contributed by atoms with Crippen LogP contribution in [-0.4, -0.2) is 91.5 Å². The lowest BCUT2D eigenvalue weighted by atomic mass is 9.87. The molecule has 0 bridgehead atoms. The first-order chi connectivity index (χ1) is 17.1. The molecule has 8 nitrogen and oxygen atoms in total. The van der Waals surface area contributed by atoms with E-state index in [1.807, 2.05) is 24.3 Å². The lowest BCUT2D eigenvalue weighted by Crippen LogP contribution is -2.53. The van der Waals surface area contributed by atoms with Gasteiger partial charge in [-0.05, 0) is 49.1 Å². The fourth-order valence-electron chi connectivity index (χ4n) is 5.74. The van der Waals surface area contributed by atoms with E-state index in [1.165, 1.54) is 0 Å². The van der Waals surface area contributed by atoms with Crippen molar-refractivity contribution in [2.45, 2.75) is 65.6 Å². The number of nitrogens with one attached hydrogen (secondary N) is 1. The molecule has 4 atom stereocenters. The number of amides is 2. The van der Waals surface area contributed by atoms with Crippen LogP contribution in [0.5, 0.6) is 0 Å². The average Bonchev–Trinajstić information content (AvgIpc) is 3.43. The lowest BCUT2D eigenvalue weighted by Gasteiger charge is -2.35. The van der Waals surface area contributed by atoms with Crippen molar-refractivity contribution in [1.82, 2.24) is 15.1 Å². The molecule has 0 spiro atoms. The van der Waals surface area contributed by atoms with Crippen LogP contribution in [0.3, 0.4) is 0 Å². The number of ketones is 1. The van der Waals surface area contributed by atoms with Crippen molar-refractivity contribution in [2.24, 2.45) is 11.3 Å². The smallest absolute Gasteiger partial charge is 0.251 e. The molecule has 1 aromatic rings. The van der Waals surface area contributed by atoms with Gasteiger partial charge in [0.25, 0.3) is 5.91 Å². The van der Waals surface area contributed by atoms with Gasteiger partial charge in [-0.1, -0.05) is 34.6 Å². The number of likely N-dealkylation sites (tertiary alicyclic amines) is 1. The zero-order valence-electron chi connectivity index (χ0n) is 22.5. The van der Waals surface area contributed by atoms with E-state index in [2.05, 4.69) is 49.7 Å². The van der Waals surface area contributed by atoms with Gasteiger partial charge in [0.15, 0.2) is 5.78 Å². The van der Waals surface area contributed by atoms with Crippen molar-refractivity contribution in [3.05, 3.63) is 29.8 Å². The number of hydrogen-bond acceptors (Lipinski definition) is 6. The predicted octanol–water partition coefficient (Wildman–Crippen LogP) is 2.57. The van der Waals surface area contributed by atoms with Crippen molar-refractivity contribution in [3.8, 4) is 0 Å². The minimum atomic E-state index is -0.705. The molecule has 3 heterocycles. The van der Waals surface area contributed by atoms with Gasteiger partial charge in [0, 0.05) is 49.9 Å². The van der Waals surface area contributed by atoms with Crippen LogP contribution < -0.4 is 10.2 Å². The molecule has 1 aromatic carbocycles. The van der Waals surface area contributed by atoms with Gasteiger partial charge in [0.2, 0.25) is 5.91 Å². The summed E-state index contributed by atoms with van der Waals surface area (Å²) in [5.74, 6) is -0.353. The maximum atomic E-state index is 13.7. The van der Waals surface area contributed by atoms with Crippen LogP contribution in [0.4, 0.5) is 5.69 Å². The molecular formula is C28H42N4O4. The number of carbonyl (C=O) groups is 3. The summed E-state index contributed by atoms with van der Waals surface area (Å²) >= 11 is 0. The lowest BCUT2D eigenvalue weighted by molar-refractivity contribution is -0.138. The monoisotopic (exact) mass is 498 g/mol. The molecule has 0 saturated carbocycles. The molecule has 198 valence electrons. The summed E-state index contributed by atoms with van der Waals surface area (Å²) < 4.78 is 5.74. The Morgan fingerprint density at radius 3 is 2.33 bits per heavy atom. The van der Waals surface area contributed by atoms with Crippen molar-refractivity contribution in [3.63, 3.8) is 0 Å². The minimum Gasteiger partial charge on any atom is -0.369 e. The molecule has 3 aliphatic rings. The number of hydrogen-bond donors (Lipinski definition) is 1. The van der Waals surface area contributed by atoms with E-state index >= 15 is 0 Å². The van der Waals surface area contributed by atoms with E-state index in [9.17, 15) is 14.4 Å². The maximum Gasteiger partial charge on any atom is 0.251 e. The van der Waals surface area contributed by atoms with Gasteiger partial charge in [-0.3, -0.25) is 14.4 Å². The SMILES string of the molecule is CC[C@@H]1CN(C(=O)[C@H](CC(C)(C)C)NC(=O)c2ccc(N3CCN(CC)CC3)cc2)[C@@H]2C(=O)CO[C@H]12. The summed E-state index contributed by atoms with van der Waals surface area (Å²) in [6, 6.07) is 6.41. The van der Waals surface area contributed by atoms with Crippen LogP contribution >= 0.6 is 0 Å². The highest BCUT2D eigenvalue weighted by Gasteiger charge is 2.52. The molecule has 3 saturated heterocycles. The zero-order valence-corrected chi connectivity index (χ0v) is 22.5. The first-order valence-electron chi connectivity index (χ1n) is 13.4. The van der Waals surface area contributed by atoms with Crippen molar-refractivity contribution in [2.75, 3.05) is 50.8 Å². The molecule has 4 rings (SSSR count). The standard InChI is InChI=1S/C28H42N4O4/c1-6-19-17-32(24-23(33)18-36-25(19)24)27(35)22(16-28(3,4)5)29-26(34)20-8-10-21(11-9-20)31-14-12-30(7-2)13-15-31/h8-11,19,22,24-25H,6-7,12-18H2,1-5H3,(H,29,34)/t19-,22+,24-,25-/m1/s1. The highest BCUT2D eigenvalue weighted by molar-refractivity contribution is 5.99. The van der Waals surface area contributed by atoms with E-state index < -0.39 is 12.1 Å². The van der Waals surface area contributed by atoms with Crippen LogP contribution in [-0.2, 0) is 14.3 Å². The number of Topliss-reactive ketones (excluding diaryl/α,β-unsaturated/α-hetero) is 1. The second kappa shape index (κ2) is 10.9. The van der Waals surface area contributed by atoms with Crippen molar-refractivity contribution < 1.29 is 19.1 Å². The molecule has 1 N–H and O–H groups in total. The highest BCUT2D eigenvalue weighted by Crippen LogP contribution is 2.35. The van der Waals surface area contributed by atoms with Gasteiger partial charge in [-0.2, -0.15) is 0 Å². The van der Waals surface area contributed by atoms with Gasteiger partial charge in [-0.25, -0.2) is 0 Å². The second-order valence-corrected chi connectivity index (χ2v) is 11.6. The van der Waals surface area contributed by atoms with Gasteiger partial charge in [-0.15, -0.1) is 0 Å². The average molecular weight is 499 g/mol. The molecule has 0 aromatic heterocycles. The summed E-state index contributed by atoms with van der Waals surface area (Å²) in [4.78, 5) is 46.0. The quantitative estimate of drug-likeness (QED) is 0.622. The maximum absolute atomic E-state index is 13.7. The number of carbonyl (C=O) groups excluding carboxylic acids is 3. The molecule has 0 unspecified atom stereocenters. The Hall–Kier alpha value is -2.45. The number of piperazine rings is 1. The molecule has 3 aliphatic heterocycles. The first-order valence-corrected chi connectivity index (χ1v) is 13.4. The van der Waals surface area contributed by atoms with Gasteiger partial charge < -0.3 is 24.8 Å². The Morgan fingerprint density at radius 2 is 1.75 bits per heavy atom. The van der Waals surface area contributed by atoms with Crippen LogP contribution in [0.25, 0.3) is 0 Å². The number of ether oxygens (including phenoxy) is 1. The van der Waals surface area contributed by atoms with E-state index in [1.54, 1.807) is 4.90 Å².